The molecule has 156 valence electrons. The summed E-state index contributed by atoms with van der Waals surface area (Å²) in [5.74, 6) is 0. The highest BCUT2D eigenvalue weighted by atomic mass is 16.6. The summed E-state index contributed by atoms with van der Waals surface area (Å²) in [5.41, 5.74) is -0.518. The lowest BCUT2D eigenvalue weighted by Gasteiger charge is -2.33. The molecular weight excluding hydrogens is 346 g/mol. The first-order chi connectivity index (χ1) is 12.8. The molecule has 27 heavy (non-hydrogen) atoms. The van der Waals surface area contributed by atoms with Crippen LogP contribution in [0.15, 0.2) is 0 Å². The van der Waals surface area contributed by atoms with Crippen molar-refractivity contribution in [1.82, 2.24) is 15.5 Å². The third-order valence-electron chi connectivity index (χ3n) is 4.93. The first kappa shape index (κ1) is 21.8. The number of likely N-dealkylation sites (tertiary alicyclic amines) is 1. The number of carbonyl (C=O) groups excluding carboxylic acids is 2. The lowest BCUT2D eigenvalue weighted by atomic mass is 9.98. The predicted octanol–water partition coefficient (Wildman–Crippen LogP) is 3.42. The Bertz CT molecular complexity index is 472. The van der Waals surface area contributed by atoms with Crippen LogP contribution < -0.4 is 10.6 Å². The topological polar surface area (TPSA) is 79.9 Å². The van der Waals surface area contributed by atoms with E-state index in [0.29, 0.717) is 25.8 Å². The summed E-state index contributed by atoms with van der Waals surface area (Å²) in [4.78, 5) is 26.0. The molecule has 7 heteroatoms. The number of rotatable bonds is 6. The van der Waals surface area contributed by atoms with Gasteiger partial charge in [-0.05, 0) is 52.9 Å². The monoisotopic (exact) mass is 383 g/mol. The van der Waals surface area contributed by atoms with Crippen LogP contribution in [0, 0.1) is 0 Å². The molecule has 0 aromatic rings. The van der Waals surface area contributed by atoms with Crippen molar-refractivity contribution >= 4 is 12.1 Å². The maximum Gasteiger partial charge on any atom is 0.407 e. The largest absolute Gasteiger partial charge is 0.444 e. The molecule has 0 aromatic heterocycles. The molecule has 0 radical (unpaired) electrons. The molecule has 1 aliphatic heterocycles. The second-order valence-corrected chi connectivity index (χ2v) is 8.65. The number of urea groups is 1. The molecule has 1 heterocycles. The molecule has 2 N–H and O–H groups in total. The molecule has 2 rings (SSSR count). The number of hydrogen-bond donors (Lipinski definition) is 2. The summed E-state index contributed by atoms with van der Waals surface area (Å²) in [6.45, 7) is 8.07. The lowest BCUT2D eigenvalue weighted by molar-refractivity contribution is 0.0273. The van der Waals surface area contributed by atoms with Gasteiger partial charge < -0.3 is 25.0 Å². The molecule has 1 unspecified atom stereocenters. The van der Waals surface area contributed by atoms with Gasteiger partial charge in [-0.15, -0.1) is 0 Å². The second kappa shape index (κ2) is 10.7. The van der Waals surface area contributed by atoms with E-state index in [1.54, 1.807) is 4.90 Å². The molecule has 0 aromatic carbocycles. The molecule has 1 aliphatic carbocycles. The van der Waals surface area contributed by atoms with Crippen molar-refractivity contribution in [3.63, 3.8) is 0 Å². The summed E-state index contributed by atoms with van der Waals surface area (Å²) >= 11 is 0. The van der Waals surface area contributed by atoms with Gasteiger partial charge in [-0.2, -0.15) is 0 Å². The molecule has 3 amide bonds. The summed E-state index contributed by atoms with van der Waals surface area (Å²) in [7, 11) is 0. The number of carbonyl (C=O) groups is 2. The van der Waals surface area contributed by atoms with Gasteiger partial charge in [-0.1, -0.05) is 19.3 Å². The van der Waals surface area contributed by atoms with Gasteiger partial charge in [0.2, 0.25) is 0 Å². The van der Waals surface area contributed by atoms with Crippen LogP contribution in [0.5, 0.6) is 0 Å². The maximum atomic E-state index is 12.4. The van der Waals surface area contributed by atoms with Crippen molar-refractivity contribution in [1.29, 1.82) is 0 Å². The first-order valence-corrected chi connectivity index (χ1v) is 10.5. The van der Waals surface area contributed by atoms with Gasteiger partial charge in [0.15, 0.2) is 0 Å². The number of alkyl carbamates (subject to hydrolysis) is 1. The third kappa shape index (κ3) is 8.82. The average molecular weight is 384 g/mol. The smallest absolute Gasteiger partial charge is 0.407 e. The highest BCUT2D eigenvalue weighted by Crippen LogP contribution is 2.20. The summed E-state index contributed by atoms with van der Waals surface area (Å²) in [5, 5.41) is 5.84. The molecule has 1 saturated carbocycles. The molecule has 0 bridgehead atoms. The van der Waals surface area contributed by atoms with E-state index < -0.39 is 11.7 Å². The summed E-state index contributed by atoms with van der Waals surface area (Å²) in [6.07, 6.45) is 8.77. The van der Waals surface area contributed by atoms with Crippen LogP contribution in [-0.4, -0.2) is 61.0 Å². The van der Waals surface area contributed by atoms with Gasteiger partial charge in [0.1, 0.15) is 5.60 Å². The quantitative estimate of drug-likeness (QED) is 0.689. The fraction of sp³-hybridized carbons (Fsp3) is 0.900. The fourth-order valence-electron chi connectivity index (χ4n) is 3.61. The van der Waals surface area contributed by atoms with Gasteiger partial charge in [0.25, 0.3) is 0 Å². The van der Waals surface area contributed by atoms with Gasteiger partial charge in [0, 0.05) is 32.3 Å². The Hall–Kier alpha value is -1.50. The average Bonchev–Trinajstić information content (AvgIpc) is 2.60. The van der Waals surface area contributed by atoms with Crippen molar-refractivity contribution in [3.8, 4) is 0 Å². The van der Waals surface area contributed by atoms with Crippen LogP contribution in [0.3, 0.4) is 0 Å². The lowest BCUT2D eigenvalue weighted by Crippen LogP contribution is -2.53. The van der Waals surface area contributed by atoms with Crippen molar-refractivity contribution < 1.29 is 19.1 Å². The van der Waals surface area contributed by atoms with Gasteiger partial charge >= 0.3 is 12.1 Å². The number of ether oxygens (including phenoxy) is 2. The van der Waals surface area contributed by atoms with Crippen LogP contribution in [0.4, 0.5) is 9.59 Å². The standard InChI is InChI=1S/C20H37N3O4/c1-20(2,3)27-19(25)22-16-9-7-13-23(15-16)18(24)21-12-8-14-26-17-10-5-4-6-11-17/h16-17H,4-15H2,1-3H3,(H,21,24)(H,22,25). The highest BCUT2D eigenvalue weighted by Gasteiger charge is 2.26. The van der Waals surface area contributed by atoms with Crippen LogP contribution in [0.1, 0.15) is 72.1 Å². The van der Waals surface area contributed by atoms with E-state index in [-0.39, 0.29) is 12.1 Å². The second-order valence-electron chi connectivity index (χ2n) is 8.65. The molecular formula is C20H37N3O4. The highest BCUT2D eigenvalue weighted by molar-refractivity contribution is 5.74. The molecule has 1 saturated heterocycles. The number of nitrogens with zero attached hydrogens (tertiary/aromatic N) is 1. The Balaban J connectivity index is 1.60. The Labute approximate surface area is 163 Å². The van der Waals surface area contributed by atoms with E-state index in [2.05, 4.69) is 10.6 Å². The maximum absolute atomic E-state index is 12.4. The number of hydrogen-bond acceptors (Lipinski definition) is 4. The van der Waals surface area contributed by atoms with E-state index in [1.165, 1.54) is 32.1 Å². The SMILES string of the molecule is CC(C)(C)OC(=O)NC1CCCN(C(=O)NCCCOC2CCCCC2)C1. The molecule has 2 aliphatic rings. The van der Waals surface area contributed by atoms with E-state index in [4.69, 9.17) is 9.47 Å². The van der Waals surface area contributed by atoms with Crippen LogP contribution in [0.2, 0.25) is 0 Å². The third-order valence-corrected chi connectivity index (χ3v) is 4.93. The Morgan fingerprint density at radius 3 is 2.52 bits per heavy atom. The van der Waals surface area contributed by atoms with Crippen molar-refractivity contribution in [2.24, 2.45) is 0 Å². The predicted molar refractivity (Wildman–Crippen MR) is 105 cm³/mol. The Kier molecular flexibility index (Phi) is 8.67. The minimum Gasteiger partial charge on any atom is -0.444 e. The Morgan fingerprint density at radius 2 is 1.81 bits per heavy atom. The van der Waals surface area contributed by atoms with Crippen LogP contribution >= 0.6 is 0 Å². The number of nitrogens with one attached hydrogen (secondary N) is 2. The van der Waals surface area contributed by atoms with Crippen molar-refractivity contribution in [3.05, 3.63) is 0 Å². The van der Waals surface area contributed by atoms with Crippen LogP contribution in [0.25, 0.3) is 0 Å². The van der Waals surface area contributed by atoms with Gasteiger partial charge in [0.05, 0.1) is 6.10 Å². The zero-order chi connectivity index (χ0) is 19.7. The zero-order valence-electron chi connectivity index (χ0n) is 17.2. The van der Waals surface area contributed by atoms with Crippen LogP contribution in [-0.2, 0) is 9.47 Å². The normalized spacial score (nSPS) is 21.6. The minimum absolute atomic E-state index is 0.0611. The van der Waals surface area contributed by atoms with Gasteiger partial charge in [-0.25, -0.2) is 9.59 Å². The molecule has 0 spiro atoms. The molecule has 7 nitrogen and oxygen atoms in total. The van der Waals surface area contributed by atoms with E-state index >= 15 is 0 Å². The first-order valence-electron chi connectivity index (χ1n) is 10.5. The summed E-state index contributed by atoms with van der Waals surface area (Å²) in [6, 6.07) is -0.127. The van der Waals surface area contributed by atoms with Crippen molar-refractivity contribution in [2.45, 2.75) is 89.9 Å². The number of piperidine rings is 1. The van der Waals surface area contributed by atoms with E-state index in [1.807, 2.05) is 20.8 Å². The zero-order valence-corrected chi connectivity index (χ0v) is 17.2. The van der Waals surface area contributed by atoms with E-state index in [0.717, 1.165) is 25.8 Å². The van der Waals surface area contributed by atoms with Crippen molar-refractivity contribution in [2.75, 3.05) is 26.2 Å². The number of amides is 3. The molecule has 1 atom stereocenters. The van der Waals surface area contributed by atoms with E-state index in [9.17, 15) is 9.59 Å². The minimum atomic E-state index is -0.518. The fourth-order valence-corrected chi connectivity index (χ4v) is 3.61. The van der Waals surface area contributed by atoms with Gasteiger partial charge in [-0.3, -0.25) is 0 Å². The summed E-state index contributed by atoms with van der Waals surface area (Å²) < 4.78 is 11.2. The molecule has 2 fully saturated rings. The Morgan fingerprint density at radius 1 is 1.07 bits per heavy atom.